The third kappa shape index (κ3) is 4.14. The normalized spacial score (nSPS) is 9.07. The van der Waals surface area contributed by atoms with Gasteiger partial charge in [0.05, 0.1) is 18.2 Å². The van der Waals surface area contributed by atoms with E-state index in [-0.39, 0.29) is 5.91 Å². The second-order valence-electron chi connectivity index (χ2n) is 2.97. The summed E-state index contributed by atoms with van der Waals surface area (Å²) >= 11 is 0. The number of amides is 1. The molecular weight excluding hydrogens is 192 g/mol. The monoisotopic (exact) mass is 204 g/mol. The number of nitrogens with one attached hydrogen (secondary N) is 1. The van der Waals surface area contributed by atoms with E-state index in [0.29, 0.717) is 24.5 Å². The van der Waals surface area contributed by atoms with E-state index in [0.717, 1.165) is 0 Å². The van der Waals surface area contributed by atoms with Gasteiger partial charge in [-0.2, -0.15) is 5.26 Å². The summed E-state index contributed by atoms with van der Waals surface area (Å²) in [6.07, 6.45) is 0. The number of nitriles is 1. The van der Waals surface area contributed by atoms with Crippen molar-refractivity contribution in [2.24, 2.45) is 0 Å². The van der Waals surface area contributed by atoms with Gasteiger partial charge in [-0.05, 0) is 18.2 Å². The van der Waals surface area contributed by atoms with Gasteiger partial charge < -0.3 is 10.1 Å². The molecule has 0 fully saturated rings. The Bertz CT molecular complexity index is 382. The number of benzene rings is 1. The third-order valence-corrected chi connectivity index (χ3v) is 1.71. The number of carbonyl (C=O) groups is 1. The average Bonchev–Trinajstić information content (AvgIpc) is 2.24. The van der Waals surface area contributed by atoms with Crippen LogP contribution in [0.1, 0.15) is 12.5 Å². The zero-order valence-electron chi connectivity index (χ0n) is 8.49. The molecule has 0 radical (unpaired) electrons. The molecule has 78 valence electrons. The van der Waals surface area contributed by atoms with Gasteiger partial charge in [0.15, 0.2) is 0 Å². The Morgan fingerprint density at radius 3 is 3.07 bits per heavy atom. The van der Waals surface area contributed by atoms with Gasteiger partial charge in [0, 0.05) is 6.92 Å². The highest BCUT2D eigenvalue weighted by molar-refractivity contribution is 5.72. The van der Waals surface area contributed by atoms with Gasteiger partial charge in [0.2, 0.25) is 5.91 Å². The van der Waals surface area contributed by atoms with E-state index < -0.39 is 0 Å². The fraction of sp³-hybridized carbons (Fsp3) is 0.273. The molecule has 15 heavy (non-hydrogen) atoms. The largest absolute Gasteiger partial charge is 0.492 e. The molecule has 1 aromatic rings. The molecule has 0 aromatic heterocycles. The first-order valence-electron chi connectivity index (χ1n) is 4.60. The van der Waals surface area contributed by atoms with E-state index in [1.165, 1.54) is 6.92 Å². The first-order valence-corrected chi connectivity index (χ1v) is 4.60. The first kappa shape index (κ1) is 11.1. The molecule has 0 heterocycles. The Labute approximate surface area is 88.5 Å². The molecule has 0 atom stereocenters. The minimum Gasteiger partial charge on any atom is -0.492 e. The van der Waals surface area contributed by atoms with E-state index in [4.69, 9.17) is 10.00 Å². The van der Waals surface area contributed by atoms with Crippen LogP contribution in [0, 0.1) is 11.3 Å². The van der Waals surface area contributed by atoms with Gasteiger partial charge in [-0.3, -0.25) is 4.79 Å². The first-order chi connectivity index (χ1) is 7.22. The second-order valence-corrected chi connectivity index (χ2v) is 2.97. The van der Waals surface area contributed by atoms with Crippen LogP contribution in [0.4, 0.5) is 0 Å². The van der Waals surface area contributed by atoms with Crippen molar-refractivity contribution < 1.29 is 9.53 Å². The van der Waals surface area contributed by atoms with Gasteiger partial charge >= 0.3 is 0 Å². The quantitative estimate of drug-likeness (QED) is 0.746. The van der Waals surface area contributed by atoms with E-state index in [1.54, 1.807) is 24.3 Å². The molecule has 1 amide bonds. The molecule has 0 spiro atoms. The van der Waals surface area contributed by atoms with Gasteiger partial charge in [-0.25, -0.2) is 0 Å². The van der Waals surface area contributed by atoms with Gasteiger partial charge in [-0.1, -0.05) is 6.07 Å². The number of hydrogen-bond acceptors (Lipinski definition) is 3. The lowest BCUT2D eigenvalue weighted by atomic mass is 10.2. The highest BCUT2D eigenvalue weighted by Gasteiger charge is 1.96. The maximum atomic E-state index is 10.5. The molecule has 1 rings (SSSR count). The molecule has 1 aromatic carbocycles. The Balaban J connectivity index is 2.38. The smallest absolute Gasteiger partial charge is 0.216 e. The van der Waals surface area contributed by atoms with Crippen LogP contribution in [0.25, 0.3) is 0 Å². The van der Waals surface area contributed by atoms with Crippen LogP contribution in [-0.4, -0.2) is 19.1 Å². The zero-order chi connectivity index (χ0) is 11.1. The van der Waals surface area contributed by atoms with Crippen LogP contribution in [0.3, 0.4) is 0 Å². The minimum absolute atomic E-state index is 0.0793. The van der Waals surface area contributed by atoms with E-state index in [1.807, 2.05) is 6.07 Å². The van der Waals surface area contributed by atoms with Crippen LogP contribution >= 0.6 is 0 Å². The Morgan fingerprint density at radius 1 is 1.60 bits per heavy atom. The molecule has 4 heteroatoms. The lowest BCUT2D eigenvalue weighted by Gasteiger charge is -2.06. The molecule has 0 saturated carbocycles. The van der Waals surface area contributed by atoms with E-state index in [9.17, 15) is 4.79 Å². The van der Waals surface area contributed by atoms with Gasteiger partial charge in [0.25, 0.3) is 0 Å². The minimum atomic E-state index is -0.0793. The van der Waals surface area contributed by atoms with Crippen LogP contribution in [0.2, 0.25) is 0 Å². The number of hydrogen-bond donors (Lipinski definition) is 1. The fourth-order valence-corrected chi connectivity index (χ4v) is 1.05. The third-order valence-electron chi connectivity index (χ3n) is 1.71. The summed E-state index contributed by atoms with van der Waals surface area (Å²) in [5.41, 5.74) is 0.562. The van der Waals surface area contributed by atoms with Crippen molar-refractivity contribution in [3.05, 3.63) is 29.8 Å². The highest BCUT2D eigenvalue weighted by atomic mass is 16.5. The molecule has 0 unspecified atom stereocenters. The fourth-order valence-electron chi connectivity index (χ4n) is 1.05. The number of ether oxygens (including phenoxy) is 1. The maximum absolute atomic E-state index is 10.5. The summed E-state index contributed by atoms with van der Waals surface area (Å²) in [5.74, 6) is 0.559. The predicted molar refractivity (Wildman–Crippen MR) is 55.3 cm³/mol. The van der Waals surface area contributed by atoms with Crippen LogP contribution in [0.5, 0.6) is 5.75 Å². The molecule has 0 aliphatic carbocycles. The van der Waals surface area contributed by atoms with Crippen LogP contribution in [-0.2, 0) is 4.79 Å². The molecule has 4 nitrogen and oxygen atoms in total. The zero-order valence-corrected chi connectivity index (χ0v) is 8.49. The van der Waals surface area contributed by atoms with Crippen molar-refractivity contribution in [1.29, 1.82) is 5.26 Å². The standard InChI is InChI=1S/C11H12N2O2/c1-9(14)13-5-6-15-11-4-2-3-10(7-11)8-12/h2-4,7H,5-6H2,1H3,(H,13,14). The van der Waals surface area contributed by atoms with E-state index >= 15 is 0 Å². The summed E-state index contributed by atoms with van der Waals surface area (Å²) in [5, 5.41) is 11.3. The predicted octanol–water partition coefficient (Wildman–Crippen LogP) is 1.07. The highest BCUT2D eigenvalue weighted by Crippen LogP contribution is 2.11. The van der Waals surface area contributed by atoms with Crippen molar-refractivity contribution in [2.75, 3.05) is 13.2 Å². The molecule has 0 aliphatic heterocycles. The van der Waals surface area contributed by atoms with Gasteiger partial charge in [0.1, 0.15) is 12.4 Å². The topological polar surface area (TPSA) is 62.1 Å². The van der Waals surface area contributed by atoms with Gasteiger partial charge in [-0.15, -0.1) is 0 Å². The van der Waals surface area contributed by atoms with Crippen molar-refractivity contribution in [3.63, 3.8) is 0 Å². The van der Waals surface area contributed by atoms with Crippen molar-refractivity contribution in [3.8, 4) is 11.8 Å². The van der Waals surface area contributed by atoms with Crippen LogP contribution < -0.4 is 10.1 Å². The molecular formula is C11H12N2O2. The lowest BCUT2D eigenvalue weighted by Crippen LogP contribution is -2.25. The maximum Gasteiger partial charge on any atom is 0.216 e. The lowest BCUT2D eigenvalue weighted by molar-refractivity contribution is -0.119. The number of nitrogens with zero attached hydrogens (tertiary/aromatic N) is 1. The molecule has 0 aliphatic rings. The number of carbonyl (C=O) groups excluding carboxylic acids is 1. The second kappa shape index (κ2) is 5.66. The Morgan fingerprint density at radius 2 is 2.40 bits per heavy atom. The average molecular weight is 204 g/mol. The summed E-state index contributed by atoms with van der Waals surface area (Å²) in [7, 11) is 0. The van der Waals surface area contributed by atoms with E-state index in [2.05, 4.69) is 5.32 Å². The number of rotatable bonds is 4. The Hall–Kier alpha value is -2.02. The summed E-state index contributed by atoms with van der Waals surface area (Å²) in [6, 6.07) is 8.92. The molecule has 0 saturated heterocycles. The SMILES string of the molecule is CC(=O)NCCOc1cccc(C#N)c1. The molecule has 0 bridgehead atoms. The van der Waals surface area contributed by atoms with Crippen molar-refractivity contribution in [1.82, 2.24) is 5.32 Å². The van der Waals surface area contributed by atoms with Crippen LogP contribution in [0.15, 0.2) is 24.3 Å². The Kier molecular flexibility index (Phi) is 4.17. The van der Waals surface area contributed by atoms with Crippen molar-refractivity contribution in [2.45, 2.75) is 6.92 Å². The van der Waals surface area contributed by atoms with Crippen molar-refractivity contribution >= 4 is 5.91 Å². The summed E-state index contributed by atoms with van der Waals surface area (Å²) in [4.78, 5) is 10.5. The molecule has 1 N–H and O–H groups in total. The summed E-state index contributed by atoms with van der Waals surface area (Å²) < 4.78 is 5.33. The summed E-state index contributed by atoms with van der Waals surface area (Å²) in [6.45, 7) is 2.32.